The average molecular weight is 442 g/mol. The van der Waals surface area contributed by atoms with E-state index in [1.807, 2.05) is 61.7 Å². The molecule has 156 valence electrons. The summed E-state index contributed by atoms with van der Waals surface area (Å²) in [6.07, 6.45) is 2.09. The largest absolute Gasteiger partial charge is 0.326 e. The van der Waals surface area contributed by atoms with Crippen LogP contribution in [0.2, 0.25) is 0 Å². The van der Waals surface area contributed by atoms with Gasteiger partial charge in [-0.15, -0.1) is 22.0 Å². The molecule has 7 nitrogen and oxygen atoms in total. The third-order valence-electron chi connectivity index (χ3n) is 4.26. The summed E-state index contributed by atoms with van der Waals surface area (Å²) in [5.74, 6) is 0.442. The summed E-state index contributed by atoms with van der Waals surface area (Å²) in [6.45, 7) is 1.99. The van der Waals surface area contributed by atoms with Crippen LogP contribution in [0.3, 0.4) is 0 Å². The quantitative estimate of drug-likeness (QED) is 0.518. The van der Waals surface area contributed by atoms with Crippen molar-refractivity contribution in [1.29, 1.82) is 0 Å². The number of anilines is 2. The first kappa shape index (κ1) is 21.9. The van der Waals surface area contributed by atoms with E-state index in [1.54, 1.807) is 23.4 Å². The van der Waals surface area contributed by atoms with Crippen LogP contribution in [0.5, 0.6) is 0 Å². The summed E-state index contributed by atoms with van der Waals surface area (Å²) in [6, 6.07) is 15.3. The summed E-state index contributed by atoms with van der Waals surface area (Å²) in [5.41, 5.74) is 2.63. The topological polar surface area (TPSA) is 88.9 Å². The molecule has 0 aliphatic carbocycles. The van der Waals surface area contributed by atoms with Gasteiger partial charge in [0.05, 0.1) is 12.2 Å². The number of aryl methyl sites for hydroxylation is 1. The van der Waals surface area contributed by atoms with Gasteiger partial charge in [-0.2, -0.15) is 0 Å². The normalized spacial score (nSPS) is 10.6. The first-order valence-electron chi connectivity index (χ1n) is 9.26. The molecule has 3 aromatic rings. The van der Waals surface area contributed by atoms with E-state index in [0.717, 1.165) is 21.8 Å². The summed E-state index contributed by atoms with van der Waals surface area (Å²) in [5, 5.41) is 14.5. The Kier molecular flexibility index (Phi) is 7.53. The predicted octanol–water partition coefficient (Wildman–Crippen LogP) is 3.76. The Bertz CT molecular complexity index is 1030. The van der Waals surface area contributed by atoms with E-state index in [-0.39, 0.29) is 24.0 Å². The first-order valence-corrected chi connectivity index (χ1v) is 11.5. The molecule has 0 saturated carbocycles. The fourth-order valence-corrected chi connectivity index (χ4v) is 3.83. The van der Waals surface area contributed by atoms with Crippen molar-refractivity contribution >= 4 is 46.7 Å². The number of nitrogens with one attached hydrogen (secondary N) is 2. The van der Waals surface area contributed by atoms with Gasteiger partial charge in [0.25, 0.3) is 0 Å². The molecule has 9 heteroatoms. The standard InChI is InChI=1S/C21H23N5O2S2/c1-14-7-9-15(10-8-14)22-19(27)12-18-24-25-21(26(18)2)30-13-20(28)23-16-5-4-6-17(11-16)29-3/h4-11H,12-13H2,1-3H3,(H,22,27)(H,23,28). The van der Waals surface area contributed by atoms with Gasteiger partial charge in [0.2, 0.25) is 11.8 Å². The lowest BCUT2D eigenvalue weighted by molar-refractivity contribution is -0.116. The molecule has 0 radical (unpaired) electrons. The van der Waals surface area contributed by atoms with E-state index in [0.29, 0.717) is 11.0 Å². The first-order chi connectivity index (χ1) is 14.4. The molecule has 0 unspecified atom stereocenters. The Balaban J connectivity index is 1.52. The van der Waals surface area contributed by atoms with E-state index < -0.39 is 0 Å². The number of nitrogens with zero attached hydrogens (tertiary/aromatic N) is 3. The third kappa shape index (κ3) is 6.11. The van der Waals surface area contributed by atoms with Crippen LogP contribution in [0.25, 0.3) is 0 Å². The number of hydrogen-bond donors (Lipinski definition) is 2. The van der Waals surface area contributed by atoms with Gasteiger partial charge in [-0.05, 0) is 43.5 Å². The highest BCUT2D eigenvalue weighted by Gasteiger charge is 2.15. The number of carbonyl (C=O) groups is 2. The number of aromatic nitrogens is 3. The summed E-state index contributed by atoms with van der Waals surface area (Å²) in [7, 11) is 1.79. The van der Waals surface area contributed by atoms with Crippen molar-refractivity contribution in [2.45, 2.75) is 23.4 Å². The van der Waals surface area contributed by atoms with Crippen LogP contribution >= 0.6 is 23.5 Å². The average Bonchev–Trinajstić information content (AvgIpc) is 3.07. The van der Waals surface area contributed by atoms with Crippen LogP contribution in [-0.4, -0.2) is 38.6 Å². The molecule has 0 saturated heterocycles. The van der Waals surface area contributed by atoms with Crippen molar-refractivity contribution < 1.29 is 9.59 Å². The van der Waals surface area contributed by atoms with Gasteiger partial charge in [-0.1, -0.05) is 35.5 Å². The van der Waals surface area contributed by atoms with Gasteiger partial charge in [0, 0.05) is 23.3 Å². The Morgan fingerprint density at radius 3 is 2.47 bits per heavy atom. The zero-order valence-corrected chi connectivity index (χ0v) is 18.6. The monoisotopic (exact) mass is 441 g/mol. The molecule has 1 aromatic heterocycles. The summed E-state index contributed by atoms with van der Waals surface area (Å²) in [4.78, 5) is 25.6. The number of thioether (sulfide) groups is 2. The second-order valence-electron chi connectivity index (χ2n) is 6.62. The molecule has 3 rings (SSSR count). The van der Waals surface area contributed by atoms with Crippen molar-refractivity contribution in [2.75, 3.05) is 22.6 Å². The molecule has 1 heterocycles. The fraction of sp³-hybridized carbons (Fsp3) is 0.238. The molecule has 2 aromatic carbocycles. The number of rotatable bonds is 8. The lowest BCUT2D eigenvalue weighted by atomic mass is 10.2. The van der Waals surface area contributed by atoms with E-state index in [1.165, 1.54) is 11.8 Å². The number of carbonyl (C=O) groups excluding carboxylic acids is 2. The molecule has 30 heavy (non-hydrogen) atoms. The van der Waals surface area contributed by atoms with Crippen molar-refractivity contribution in [3.8, 4) is 0 Å². The minimum absolute atomic E-state index is 0.103. The van der Waals surface area contributed by atoms with Crippen LogP contribution < -0.4 is 10.6 Å². The van der Waals surface area contributed by atoms with Crippen molar-refractivity contribution in [2.24, 2.45) is 7.05 Å². The van der Waals surface area contributed by atoms with Gasteiger partial charge >= 0.3 is 0 Å². The molecule has 2 amide bonds. The van der Waals surface area contributed by atoms with Crippen LogP contribution in [0, 0.1) is 6.92 Å². The predicted molar refractivity (Wildman–Crippen MR) is 122 cm³/mol. The van der Waals surface area contributed by atoms with E-state index in [4.69, 9.17) is 0 Å². The van der Waals surface area contributed by atoms with Crippen LogP contribution in [0.4, 0.5) is 11.4 Å². The minimum atomic E-state index is -0.169. The van der Waals surface area contributed by atoms with Crippen molar-refractivity contribution in [3.63, 3.8) is 0 Å². The van der Waals surface area contributed by atoms with Crippen LogP contribution in [0.15, 0.2) is 58.6 Å². The number of amides is 2. The summed E-state index contributed by atoms with van der Waals surface area (Å²) < 4.78 is 1.74. The van der Waals surface area contributed by atoms with E-state index in [2.05, 4.69) is 20.8 Å². The fourth-order valence-electron chi connectivity index (χ4n) is 2.64. The summed E-state index contributed by atoms with van der Waals surface area (Å²) >= 11 is 2.90. The van der Waals surface area contributed by atoms with Gasteiger partial charge in [-0.3, -0.25) is 9.59 Å². The minimum Gasteiger partial charge on any atom is -0.326 e. The maximum absolute atomic E-state index is 12.3. The molecule has 0 aliphatic rings. The molecule has 0 bridgehead atoms. The van der Waals surface area contributed by atoms with Crippen LogP contribution in [0.1, 0.15) is 11.4 Å². The Morgan fingerprint density at radius 1 is 1.00 bits per heavy atom. The number of benzene rings is 2. The molecule has 0 atom stereocenters. The molecule has 0 fully saturated rings. The lowest BCUT2D eigenvalue weighted by Crippen LogP contribution is -2.17. The smallest absolute Gasteiger partial charge is 0.234 e. The molecule has 0 aliphatic heterocycles. The molecule has 2 N–H and O–H groups in total. The van der Waals surface area contributed by atoms with Crippen molar-refractivity contribution in [1.82, 2.24) is 14.8 Å². The second-order valence-corrected chi connectivity index (χ2v) is 8.44. The molecule has 0 spiro atoms. The van der Waals surface area contributed by atoms with Gasteiger partial charge < -0.3 is 15.2 Å². The van der Waals surface area contributed by atoms with Gasteiger partial charge in [-0.25, -0.2) is 0 Å². The SMILES string of the molecule is CSc1cccc(NC(=O)CSc2nnc(CC(=O)Nc3ccc(C)cc3)n2C)c1. The zero-order chi connectivity index (χ0) is 21.5. The second kappa shape index (κ2) is 10.3. The highest BCUT2D eigenvalue weighted by Crippen LogP contribution is 2.20. The lowest BCUT2D eigenvalue weighted by Gasteiger charge is -2.07. The molecular formula is C21H23N5O2S2. The van der Waals surface area contributed by atoms with Crippen LogP contribution in [-0.2, 0) is 23.1 Å². The number of hydrogen-bond acceptors (Lipinski definition) is 6. The highest BCUT2D eigenvalue weighted by molar-refractivity contribution is 7.99. The third-order valence-corrected chi connectivity index (χ3v) is 6.01. The van der Waals surface area contributed by atoms with Gasteiger partial charge in [0.15, 0.2) is 5.16 Å². The van der Waals surface area contributed by atoms with E-state index >= 15 is 0 Å². The Morgan fingerprint density at radius 2 is 1.73 bits per heavy atom. The maximum Gasteiger partial charge on any atom is 0.234 e. The highest BCUT2D eigenvalue weighted by atomic mass is 32.2. The Hall–Kier alpha value is -2.78. The maximum atomic E-state index is 12.3. The molecular weight excluding hydrogens is 418 g/mol. The van der Waals surface area contributed by atoms with E-state index in [9.17, 15) is 9.59 Å². The Labute approximate surface area is 184 Å². The van der Waals surface area contributed by atoms with Gasteiger partial charge in [0.1, 0.15) is 5.82 Å². The van der Waals surface area contributed by atoms with Crippen molar-refractivity contribution in [3.05, 3.63) is 59.9 Å². The zero-order valence-electron chi connectivity index (χ0n) is 17.0.